The zero-order valence-corrected chi connectivity index (χ0v) is 9.96. The first kappa shape index (κ1) is 12.1. The van der Waals surface area contributed by atoms with Crippen molar-refractivity contribution in [1.82, 2.24) is 4.57 Å². The normalized spacial score (nSPS) is 10.3. The van der Waals surface area contributed by atoms with Gasteiger partial charge in [0.05, 0.1) is 11.3 Å². The van der Waals surface area contributed by atoms with Crippen LogP contribution >= 0.6 is 0 Å². The number of benzene rings is 1. The van der Waals surface area contributed by atoms with Crippen LogP contribution in [-0.2, 0) is 6.54 Å². The first-order valence-electron chi connectivity index (χ1n) is 5.55. The number of aromatic nitrogens is 1. The van der Waals surface area contributed by atoms with Gasteiger partial charge in [0.25, 0.3) is 0 Å². The molecule has 0 aliphatic carbocycles. The van der Waals surface area contributed by atoms with E-state index in [1.165, 1.54) is 0 Å². The summed E-state index contributed by atoms with van der Waals surface area (Å²) in [7, 11) is 0. The van der Waals surface area contributed by atoms with Gasteiger partial charge in [-0.05, 0) is 36.8 Å². The summed E-state index contributed by atoms with van der Waals surface area (Å²) in [5.41, 5.74) is 2.67. The smallest absolute Gasteiger partial charge is 0.335 e. The maximum Gasteiger partial charge on any atom is 0.335 e. The van der Waals surface area contributed by atoms with Gasteiger partial charge in [0.1, 0.15) is 0 Å². The van der Waals surface area contributed by atoms with E-state index in [4.69, 9.17) is 5.11 Å². The molecular formula is C14H13NO3. The highest BCUT2D eigenvalue weighted by atomic mass is 16.4. The fourth-order valence-corrected chi connectivity index (χ4v) is 1.89. The third-order valence-corrected chi connectivity index (χ3v) is 2.87. The van der Waals surface area contributed by atoms with Crippen molar-refractivity contribution in [3.05, 3.63) is 58.9 Å². The minimum Gasteiger partial charge on any atom is -0.478 e. The second kappa shape index (κ2) is 4.87. The molecule has 0 saturated heterocycles. The van der Waals surface area contributed by atoms with Crippen LogP contribution in [0.3, 0.4) is 0 Å². The Bertz CT molecular complexity index is 599. The average molecular weight is 243 g/mol. The van der Waals surface area contributed by atoms with Crippen LogP contribution in [0.15, 0.2) is 36.4 Å². The molecule has 0 unspecified atom stereocenters. The molecular weight excluding hydrogens is 230 g/mol. The molecule has 0 spiro atoms. The number of nitrogens with zero attached hydrogens (tertiary/aromatic N) is 1. The molecule has 4 heteroatoms. The monoisotopic (exact) mass is 243 g/mol. The second-order valence-corrected chi connectivity index (χ2v) is 4.11. The lowest BCUT2D eigenvalue weighted by Crippen LogP contribution is -2.06. The summed E-state index contributed by atoms with van der Waals surface area (Å²) in [6.45, 7) is 2.40. The highest BCUT2D eigenvalue weighted by molar-refractivity contribution is 5.87. The average Bonchev–Trinajstić information content (AvgIpc) is 2.71. The van der Waals surface area contributed by atoms with Crippen LogP contribution in [0.25, 0.3) is 0 Å². The van der Waals surface area contributed by atoms with Crippen LogP contribution < -0.4 is 0 Å². The lowest BCUT2D eigenvalue weighted by Gasteiger charge is -2.09. The number of hydrogen-bond acceptors (Lipinski definition) is 2. The SMILES string of the molecule is Cc1ccc(C=O)n1Cc1cccc(C(=O)O)c1. The van der Waals surface area contributed by atoms with Crippen LogP contribution in [0.1, 0.15) is 32.1 Å². The number of carboxylic acid groups (broad SMARTS) is 1. The van der Waals surface area contributed by atoms with Gasteiger partial charge in [-0.2, -0.15) is 0 Å². The van der Waals surface area contributed by atoms with E-state index in [0.717, 1.165) is 17.5 Å². The van der Waals surface area contributed by atoms with Gasteiger partial charge in [-0.15, -0.1) is 0 Å². The molecule has 0 radical (unpaired) electrons. The Morgan fingerprint density at radius 3 is 2.78 bits per heavy atom. The minimum atomic E-state index is -0.948. The first-order valence-corrected chi connectivity index (χ1v) is 5.55. The van der Waals surface area contributed by atoms with Crippen molar-refractivity contribution < 1.29 is 14.7 Å². The molecule has 92 valence electrons. The van der Waals surface area contributed by atoms with E-state index in [9.17, 15) is 9.59 Å². The van der Waals surface area contributed by atoms with Gasteiger partial charge in [0.15, 0.2) is 6.29 Å². The van der Waals surface area contributed by atoms with E-state index >= 15 is 0 Å². The molecule has 0 aliphatic rings. The number of carboxylic acids is 1. The second-order valence-electron chi connectivity index (χ2n) is 4.11. The van der Waals surface area contributed by atoms with Crippen LogP contribution in [0.4, 0.5) is 0 Å². The van der Waals surface area contributed by atoms with E-state index in [-0.39, 0.29) is 5.56 Å². The number of aryl methyl sites for hydroxylation is 1. The molecule has 0 amide bonds. The van der Waals surface area contributed by atoms with Crippen molar-refractivity contribution in [3.63, 3.8) is 0 Å². The summed E-state index contributed by atoms with van der Waals surface area (Å²) in [6, 6.07) is 10.3. The number of aldehydes is 1. The van der Waals surface area contributed by atoms with Crippen molar-refractivity contribution in [2.45, 2.75) is 13.5 Å². The third kappa shape index (κ3) is 2.32. The summed E-state index contributed by atoms with van der Waals surface area (Å²) in [5.74, 6) is -0.948. The Labute approximate surface area is 104 Å². The molecule has 0 bridgehead atoms. The standard InChI is InChI=1S/C14H13NO3/c1-10-5-6-13(9-16)15(10)8-11-3-2-4-12(7-11)14(17)18/h2-7,9H,8H2,1H3,(H,17,18). The number of aromatic carboxylic acids is 1. The van der Waals surface area contributed by atoms with Gasteiger partial charge in [0, 0.05) is 12.2 Å². The topological polar surface area (TPSA) is 59.3 Å². The lowest BCUT2D eigenvalue weighted by atomic mass is 10.1. The molecule has 4 nitrogen and oxygen atoms in total. The largest absolute Gasteiger partial charge is 0.478 e. The van der Waals surface area contributed by atoms with Gasteiger partial charge in [-0.25, -0.2) is 4.79 Å². The molecule has 1 aromatic carbocycles. The number of rotatable bonds is 4. The minimum absolute atomic E-state index is 0.255. The fourth-order valence-electron chi connectivity index (χ4n) is 1.89. The quantitative estimate of drug-likeness (QED) is 0.838. The van der Waals surface area contributed by atoms with E-state index < -0.39 is 5.97 Å². The highest BCUT2D eigenvalue weighted by Gasteiger charge is 2.07. The molecule has 2 aromatic rings. The van der Waals surface area contributed by atoms with Crippen LogP contribution in [-0.4, -0.2) is 21.9 Å². The van der Waals surface area contributed by atoms with Crippen molar-refractivity contribution in [1.29, 1.82) is 0 Å². The molecule has 0 saturated carbocycles. The highest BCUT2D eigenvalue weighted by Crippen LogP contribution is 2.12. The molecule has 0 aliphatic heterocycles. The molecule has 0 fully saturated rings. The summed E-state index contributed by atoms with van der Waals surface area (Å²) in [5, 5.41) is 8.93. The Balaban J connectivity index is 2.33. The third-order valence-electron chi connectivity index (χ3n) is 2.87. The van der Waals surface area contributed by atoms with Crippen molar-refractivity contribution in [3.8, 4) is 0 Å². The predicted octanol–water partition coefficient (Wildman–Crippen LogP) is 2.36. The summed E-state index contributed by atoms with van der Waals surface area (Å²) in [4.78, 5) is 21.8. The maximum atomic E-state index is 10.9. The van der Waals surface area contributed by atoms with Gasteiger partial charge in [0.2, 0.25) is 0 Å². The molecule has 1 heterocycles. The van der Waals surface area contributed by atoms with Crippen LogP contribution in [0.2, 0.25) is 0 Å². The van der Waals surface area contributed by atoms with Gasteiger partial charge >= 0.3 is 5.97 Å². The number of hydrogen-bond donors (Lipinski definition) is 1. The van der Waals surface area contributed by atoms with E-state index in [0.29, 0.717) is 12.2 Å². The van der Waals surface area contributed by atoms with Crippen molar-refractivity contribution in [2.24, 2.45) is 0 Å². The van der Waals surface area contributed by atoms with E-state index in [1.54, 1.807) is 24.3 Å². The number of carbonyl (C=O) groups is 2. The molecule has 0 atom stereocenters. The molecule has 1 aromatic heterocycles. The van der Waals surface area contributed by atoms with E-state index in [1.807, 2.05) is 23.6 Å². The van der Waals surface area contributed by atoms with Gasteiger partial charge in [-0.1, -0.05) is 12.1 Å². The summed E-state index contributed by atoms with van der Waals surface area (Å²) in [6.07, 6.45) is 0.800. The van der Waals surface area contributed by atoms with Crippen LogP contribution in [0.5, 0.6) is 0 Å². The van der Waals surface area contributed by atoms with Gasteiger partial charge in [-0.3, -0.25) is 4.79 Å². The molecule has 2 rings (SSSR count). The predicted molar refractivity (Wildman–Crippen MR) is 67.1 cm³/mol. The Morgan fingerprint density at radius 1 is 1.33 bits per heavy atom. The fraction of sp³-hybridized carbons (Fsp3) is 0.143. The van der Waals surface area contributed by atoms with Crippen molar-refractivity contribution >= 4 is 12.3 Å². The molecule has 18 heavy (non-hydrogen) atoms. The van der Waals surface area contributed by atoms with Crippen LogP contribution in [0, 0.1) is 6.92 Å². The Hall–Kier alpha value is -2.36. The summed E-state index contributed by atoms with van der Waals surface area (Å²) < 4.78 is 1.86. The molecule has 1 N–H and O–H groups in total. The maximum absolute atomic E-state index is 10.9. The Kier molecular flexibility index (Phi) is 3.28. The first-order chi connectivity index (χ1) is 8.61. The zero-order chi connectivity index (χ0) is 13.1. The number of carbonyl (C=O) groups excluding carboxylic acids is 1. The van der Waals surface area contributed by atoms with Gasteiger partial charge < -0.3 is 9.67 Å². The van der Waals surface area contributed by atoms with Crippen molar-refractivity contribution in [2.75, 3.05) is 0 Å². The van der Waals surface area contributed by atoms with E-state index in [2.05, 4.69) is 0 Å². The Morgan fingerprint density at radius 2 is 2.11 bits per heavy atom. The zero-order valence-electron chi connectivity index (χ0n) is 9.96. The summed E-state index contributed by atoms with van der Waals surface area (Å²) >= 11 is 0. The lowest BCUT2D eigenvalue weighted by molar-refractivity contribution is 0.0696.